The topological polar surface area (TPSA) is 84.5 Å². The molecule has 1 amide bonds. The number of amides is 1. The SMILES string of the molecule is CC(C)(C)OC(=O)NCCC#Cc1ccc(NCC2CC2)c2c1C(=O)c1ccccc1C2=O. The summed E-state index contributed by atoms with van der Waals surface area (Å²) in [4.78, 5) is 38.5. The van der Waals surface area contributed by atoms with Crippen LogP contribution in [0.3, 0.4) is 0 Å². The molecule has 0 heterocycles. The first kappa shape index (κ1) is 22.6. The van der Waals surface area contributed by atoms with Crippen LogP contribution in [0, 0.1) is 17.8 Å². The Morgan fingerprint density at radius 1 is 1.03 bits per heavy atom. The first-order valence-corrected chi connectivity index (χ1v) is 11.3. The minimum atomic E-state index is -0.562. The summed E-state index contributed by atoms with van der Waals surface area (Å²) in [6, 6.07) is 10.5. The Morgan fingerprint density at radius 2 is 1.70 bits per heavy atom. The molecule has 2 aliphatic rings. The monoisotopic (exact) mass is 444 g/mol. The number of hydrogen-bond acceptors (Lipinski definition) is 5. The van der Waals surface area contributed by atoms with Gasteiger partial charge in [0.25, 0.3) is 0 Å². The molecular formula is C27H28N2O4. The quantitative estimate of drug-likeness (QED) is 0.446. The van der Waals surface area contributed by atoms with E-state index in [1.54, 1.807) is 51.1 Å². The van der Waals surface area contributed by atoms with Gasteiger partial charge in [-0.15, -0.1) is 0 Å². The highest BCUT2D eigenvalue weighted by molar-refractivity contribution is 6.30. The molecule has 0 bridgehead atoms. The lowest BCUT2D eigenvalue weighted by molar-refractivity contribution is 0.0529. The van der Waals surface area contributed by atoms with Crippen molar-refractivity contribution < 1.29 is 19.1 Å². The molecule has 0 spiro atoms. The molecule has 1 fully saturated rings. The van der Waals surface area contributed by atoms with Gasteiger partial charge in [0, 0.05) is 41.9 Å². The fourth-order valence-corrected chi connectivity index (χ4v) is 3.75. The minimum absolute atomic E-state index is 0.159. The second-order valence-corrected chi connectivity index (χ2v) is 9.42. The van der Waals surface area contributed by atoms with Gasteiger partial charge in [-0.1, -0.05) is 36.1 Å². The van der Waals surface area contributed by atoms with Crippen molar-refractivity contribution in [3.05, 3.63) is 64.2 Å². The van der Waals surface area contributed by atoms with Crippen LogP contribution in [-0.4, -0.2) is 36.4 Å². The first-order valence-electron chi connectivity index (χ1n) is 11.3. The van der Waals surface area contributed by atoms with Gasteiger partial charge in [-0.25, -0.2) is 4.79 Å². The number of anilines is 1. The summed E-state index contributed by atoms with van der Waals surface area (Å²) in [7, 11) is 0. The average molecular weight is 445 g/mol. The van der Waals surface area contributed by atoms with E-state index in [1.165, 1.54) is 12.8 Å². The third-order valence-electron chi connectivity index (χ3n) is 5.50. The summed E-state index contributed by atoms with van der Waals surface area (Å²) >= 11 is 0. The number of ketones is 2. The van der Waals surface area contributed by atoms with Crippen LogP contribution in [0.4, 0.5) is 10.5 Å². The van der Waals surface area contributed by atoms with Gasteiger partial charge in [-0.05, 0) is 51.7 Å². The largest absolute Gasteiger partial charge is 0.444 e. The highest BCUT2D eigenvalue weighted by atomic mass is 16.6. The highest BCUT2D eigenvalue weighted by Crippen LogP contribution is 2.35. The molecule has 2 aromatic carbocycles. The Bertz CT molecular complexity index is 1180. The number of ether oxygens (including phenoxy) is 1. The fraction of sp³-hybridized carbons (Fsp3) is 0.370. The van der Waals surface area contributed by atoms with Crippen LogP contribution < -0.4 is 10.6 Å². The Morgan fingerprint density at radius 3 is 2.33 bits per heavy atom. The summed E-state index contributed by atoms with van der Waals surface area (Å²) in [5.41, 5.74) is 2.23. The smallest absolute Gasteiger partial charge is 0.407 e. The summed E-state index contributed by atoms with van der Waals surface area (Å²) in [5.74, 6) is 6.32. The Labute approximate surface area is 194 Å². The van der Waals surface area contributed by atoms with Crippen LogP contribution in [0.2, 0.25) is 0 Å². The summed E-state index contributed by atoms with van der Waals surface area (Å²) in [5, 5.41) is 6.03. The Kier molecular flexibility index (Phi) is 6.24. The number of carbonyl (C=O) groups excluding carboxylic acids is 3. The van der Waals surface area contributed by atoms with Gasteiger partial charge >= 0.3 is 6.09 Å². The number of rotatable bonds is 5. The van der Waals surface area contributed by atoms with Crippen molar-refractivity contribution in [2.24, 2.45) is 5.92 Å². The molecule has 4 rings (SSSR count). The molecule has 6 heteroatoms. The molecule has 0 aliphatic heterocycles. The van der Waals surface area contributed by atoms with E-state index in [0.717, 1.165) is 6.54 Å². The van der Waals surface area contributed by atoms with Gasteiger partial charge in [-0.3, -0.25) is 9.59 Å². The second kappa shape index (κ2) is 9.11. The Hall–Kier alpha value is -3.59. The Balaban J connectivity index is 1.57. The molecule has 33 heavy (non-hydrogen) atoms. The minimum Gasteiger partial charge on any atom is -0.444 e. The van der Waals surface area contributed by atoms with E-state index in [2.05, 4.69) is 22.5 Å². The van der Waals surface area contributed by atoms with Gasteiger partial charge in [0.15, 0.2) is 11.6 Å². The van der Waals surface area contributed by atoms with Crippen molar-refractivity contribution in [2.45, 2.75) is 45.6 Å². The second-order valence-electron chi connectivity index (χ2n) is 9.42. The number of fused-ring (bicyclic) bond motifs is 2. The molecule has 6 nitrogen and oxygen atoms in total. The maximum Gasteiger partial charge on any atom is 0.407 e. The summed E-state index contributed by atoms with van der Waals surface area (Å²) in [6.45, 7) is 6.51. The van der Waals surface area contributed by atoms with Crippen LogP contribution in [0.5, 0.6) is 0 Å². The van der Waals surface area contributed by atoms with Crippen LogP contribution >= 0.6 is 0 Å². The predicted octanol–water partition coefficient (Wildman–Crippen LogP) is 4.55. The molecule has 170 valence electrons. The van der Waals surface area contributed by atoms with Gasteiger partial charge in [0.2, 0.25) is 0 Å². The molecule has 2 aromatic rings. The zero-order valence-corrected chi connectivity index (χ0v) is 19.2. The van der Waals surface area contributed by atoms with Crippen molar-refractivity contribution in [2.75, 3.05) is 18.4 Å². The summed E-state index contributed by atoms with van der Waals surface area (Å²) < 4.78 is 5.21. The van der Waals surface area contributed by atoms with E-state index < -0.39 is 11.7 Å². The lowest BCUT2D eigenvalue weighted by Crippen LogP contribution is -2.32. The van der Waals surface area contributed by atoms with E-state index in [0.29, 0.717) is 52.4 Å². The zero-order chi connectivity index (χ0) is 23.6. The average Bonchev–Trinajstić information content (AvgIpc) is 3.59. The van der Waals surface area contributed by atoms with Crippen LogP contribution in [-0.2, 0) is 4.74 Å². The van der Waals surface area contributed by atoms with Gasteiger partial charge in [0.1, 0.15) is 5.60 Å². The molecule has 0 atom stereocenters. The molecule has 0 saturated heterocycles. The number of benzene rings is 2. The van der Waals surface area contributed by atoms with Crippen molar-refractivity contribution in [3.63, 3.8) is 0 Å². The molecule has 2 aliphatic carbocycles. The normalized spacial score (nSPS) is 14.5. The fourth-order valence-electron chi connectivity index (χ4n) is 3.75. The number of nitrogens with one attached hydrogen (secondary N) is 2. The number of carbonyl (C=O) groups is 3. The van der Waals surface area contributed by atoms with E-state index in [4.69, 9.17) is 4.74 Å². The van der Waals surface area contributed by atoms with Crippen molar-refractivity contribution in [3.8, 4) is 11.8 Å². The zero-order valence-electron chi connectivity index (χ0n) is 19.2. The third-order valence-corrected chi connectivity index (χ3v) is 5.50. The van der Waals surface area contributed by atoms with E-state index in [1.807, 2.05) is 6.07 Å². The number of hydrogen-bond donors (Lipinski definition) is 2. The standard InChI is InChI=1S/C27H28N2O4/c1-27(2,3)33-26(32)28-15-7-6-8-18-13-14-21(29-16-17-11-12-17)23-22(18)24(30)19-9-4-5-10-20(19)25(23)31/h4-5,9-10,13-14,17,29H,7,11-12,15-16H2,1-3H3,(H,28,32). The maximum absolute atomic E-state index is 13.4. The van der Waals surface area contributed by atoms with Crippen LogP contribution in [0.25, 0.3) is 0 Å². The molecule has 0 unspecified atom stereocenters. The lowest BCUT2D eigenvalue weighted by atomic mass is 9.81. The van der Waals surface area contributed by atoms with Crippen molar-refractivity contribution >= 4 is 23.3 Å². The van der Waals surface area contributed by atoms with Crippen molar-refractivity contribution in [1.82, 2.24) is 5.32 Å². The maximum atomic E-state index is 13.4. The first-order chi connectivity index (χ1) is 15.7. The van der Waals surface area contributed by atoms with Crippen LogP contribution in [0.1, 0.15) is 77.4 Å². The lowest BCUT2D eigenvalue weighted by Gasteiger charge is -2.22. The van der Waals surface area contributed by atoms with E-state index in [-0.39, 0.29) is 11.6 Å². The van der Waals surface area contributed by atoms with Gasteiger partial charge < -0.3 is 15.4 Å². The van der Waals surface area contributed by atoms with E-state index >= 15 is 0 Å². The molecule has 2 N–H and O–H groups in total. The van der Waals surface area contributed by atoms with E-state index in [9.17, 15) is 14.4 Å². The summed E-state index contributed by atoms with van der Waals surface area (Å²) in [6.07, 6.45) is 2.26. The van der Waals surface area contributed by atoms with Gasteiger partial charge in [0.05, 0.1) is 11.1 Å². The molecule has 0 radical (unpaired) electrons. The van der Waals surface area contributed by atoms with Gasteiger partial charge in [-0.2, -0.15) is 0 Å². The van der Waals surface area contributed by atoms with Crippen LogP contribution in [0.15, 0.2) is 36.4 Å². The molecular weight excluding hydrogens is 416 g/mol. The number of alkyl carbamates (subject to hydrolysis) is 1. The molecule has 0 aromatic heterocycles. The predicted molar refractivity (Wildman–Crippen MR) is 127 cm³/mol. The highest BCUT2D eigenvalue weighted by Gasteiger charge is 2.34. The van der Waals surface area contributed by atoms with Crippen molar-refractivity contribution in [1.29, 1.82) is 0 Å². The molecule has 1 saturated carbocycles. The third kappa shape index (κ3) is 5.25.